The van der Waals surface area contributed by atoms with Gasteiger partial charge >= 0.3 is 11.9 Å². The number of carboxylic acid groups (broad SMARTS) is 1. The molecule has 2 aliphatic rings. The van der Waals surface area contributed by atoms with Gasteiger partial charge in [-0.05, 0) is 85.4 Å². The van der Waals surface area contributed by atoms with Gasteiger partial charge in [0.2, 0.25) is 10.9 Å². The van der Waals surface area contributed by atoms with Crippen LogP contribution in [-0.4, -0.2) is 33.2 Å². The van der Waals surface area contributed by atoms with E-state index in [4.69, 9.17) is 4.74 Å². The second-order valence-electron chi connectivity index (χ2n) is 13.3. The summed E-state index contributed by atoms with van der Waals surface area (Å²) in [5.41, 5.74) is 4.26. The first-order chi connectivity index (χ1) is 23.8. The van der Waals surface area contributed by atoms with E-state index in [-0.39, 0.29) is 28.6 Å². The smallest absolute Gasteiger partial charge is 0.343 e. The number of carboxylic acids is 1. The summed E-state index contributed by atoms with van der Waals surface area (Å²) < 4.78 is 6.82. The quantitative estimate of drug-likeness (QED) is 0.169. The zero-order valence-corrected chi connectivity index (χ0v) is 28.1. The summed E-state index contributed by atoms with van der Waals surface area (Å²) in [4.78, 5) is 51.9. The fraction of sp³-hybridized carbons (Fsp3) is 0.366. The average Bonchev–Trinajstić information content (AvgIpc) is 3.14. The largest absolute Gasteiger partial charge is 0.477 e. The van der Waals surface area contributed by atoms with Crippen molar-refractivity contribution < 1.29 is 19.4 Å². The maximum Gasteiger partial charge on any atom is 0.343 e. The molecule has 0 saturated heterocycles. The van der Waals surface area contributed by atoms with Gasteiger partial charge in [-0.1, -0.05) is 81.0 Å². The standard InChI is InChI=1S/C23H23NO3.C18H21NO3/c25-22-19-13-18(17-9-5-2-6-10-17)11-12-21(19)24(15-20(22)23(26)27)14-16-7-3-1-4-8-16;1-2-22-18(21)15-11-19-16-9-8-13(10-14(16)17(15)20)12-6-4-3-5-7-12/h1,3-4,7-8,11-13,15,17H,2,5-6,9-10,14H2,(H,26,27);8-12H,2-7H2,1H3,(H,19,20). The minimum atomic E-state index is -1.17. The SMILES string of the molecule is CCOC(=O)c1c[nH]c2ccc(C3CCCCC3)cc2c1=O.O=C(O)c1cn(Cc2ccccc2)c2ccc(C3CCCCC3)cc2c1=O. The van der Waals surface area contributed by atoms with Crippen molar-refractivity contribution in [2.24, 2.45) is 0 Å². The number of nitrogens with one attached hydrogen (secondary N) is 1. The van der Waals surface area contributed by atoms with E-state index >= 15 is 0 Å². The van der Waals surface area contributed by atoms with Gasteiger partial charge in [-0.2, -0.15) is 0 Å². The number of aromatic carboxylic acids is 1. The molecule has 5 aromatic rings. The fourth-order valence-electron chi connectivity index (χ4n) is 7.45. The minimum absolute atomic E-state index is 0.0788. The van der Waals surface area contributed by atoms with Crippen LogP contribution in [0.25, 0.3) is 21.8 Å². The zero-order valence-electron chi connectivity index (χ0n) is 28.1. The summed E-state index contributed by atoms with van der Waals surface area (Å²) in [5, 5.41) is 10.6. The fourth-order valence-corrected chi connectivity index (χ4v) is 7.45. The molecule has 2 aromatic heterocycles. The Morgan fingerprint density at radius 3 is 1.98 bits per heavy atom. The lowest BCUT2D eigenvalue weighted by atomic mass is 9.83. The number of H-pyrrole nitrogens is 1. The molecule has 2 aliphatic carbocycles. The van der Waals surface area contributed by atoms with Crippen LogP contribution in [-0.2, 0) is 11.3 Å². The molecule has 3 aromatic carbocycles. The van der Waals surface area contributed by atoms with E-state index in [0.717, 1.165) is 35.0 Å². The van der Waals surface area contributed by atoms with Crippen LogP contribution < -0.4 is 10.9 Å². The number of ether oxygens (including phenoxy) is 1. The molecule has 8 heteroatoms. The highest BCUT2D eigenvalue weighted by atomic mass is 16.5. The van der Waals surface area contributed by atoms with Gasteiger partial charge in [0.1, 0.15) is 11.1 Å². The summed E-state index contributed by atoms with van der Waals surface area (Å²) in [6.45, 7) is 2.52. The van der Waals surface area contributed by atoms with Crippen LogP contribution in [0.5, 0.6) is 0 Å². The van der Waals surface area contributed by atoms with Crippen molar-refractivity contribution in [2.75, 3.05) is 6.61 Å². The highest BCUT2D eigenvalue weighted by Crippen LogP contribution is 2.34. The van der Waals surface area contributed by atoms with E-state index in [9.17, 15) is 24.3 Å². The molecule has 0 radical (unpaired) electrons. The number of aromatic amines is 1. The van der Waals surface area contributed by atoms with Crippen molar-refractivity contribution in [2.45, 2.75) is 89.5 Å². The predicted octanol–water partition coefficient (Wildman–Crippen LogP) is 8.55. The lowest BCUT2D eigenvalue weighted by Crippen LogP contribution is -2.19. The normalized spacial score (nSPS) is 15.4. The number of carbonyl (C=O) groups is 2. The van der Waals surface area contributed by atoms with Crippen LogP contribution >= 0.6 is 0 Å². The number of benzene rings is 3. The van der Waals surface area contributed by atoms with E-state index in [1.54, 1.807) is 6.92 Å². The van der Waals surface area contributed by atoms with Gasteiger partial charge in [0.05, 0.1) is 12.1 Å². The van der Waals surface area contributed by atoms with Gasteiger partial charge in [-0.25, -0.2) is 9.59 Å². The van der Waals surface area contributed by atoms with Gasteiger partial charge in [0, 0.05) is 35.2 Å². The lowest BCUT2D eigenvalue weighted by molar-refractivity contribution is 0.0524. The highest BCUT2D eigenvalue weighted by molar-refractivity contribution is 5.94. The first-order valence-electron chi connectivity index (χ1n) is 17.6. The Labute approximate surface area is 285 Å². The number of aromatic nitrogens is 2. The van der Waals surface area contributed by atoms with Crippen LogP contribution in [0, 0.1) is 0 Å². The number of nitrogens with zero attached hydrogens (tertiary/aromatic N) is 1. The third-order valence-electron chi connectivity index (χ3n) is 10.1. The molecule has 0 spiro atoms. The summed E-state index contributed by atoms with van der Waals surface area (Å²) >= 11 is 0. The Kier molecular flexibility index (Phi) is 10.7. The molecule has 2 fully saturated rings. The monoisotopic (exact) mass is 660 g/mol. The number of pyridine rings is 2. The molecule has 254 valence electrons. The third kappa shape index (κ3) is 7.69. The lowest BCUT2D eigenvalue weighted by Gasteiger charge is -2.22. The number of hydrogen-bond donors (Lipinski definition) is 2. The minimum Gasteiger partial charge on any atom is -0.477 e. The summed E-state index contributed by atoms with van der Waals surface area (Å²) in [7, 11) is 0. The van der Waals surface area contributed by atoms with Crippen LogP contribution in [0.2, 0.25) is 0 Å². The molecule has 8 nitrogen and oxygen atoms in total. The first kappa shape index (κ1) is 33.9. The second kappa shape index (κ2) is 15.5. The molecule has 0 atom stereocenters. The van der Waals surface area contributed by atoms with Gasteiger partial charge in [-0.3, -0.25) is 9.59 Å². The number of hydrogen-bond acceptors (Lipinski definition) is 5. The molecule has 0 unspecified atom stereocenters. The third-order valence-corrected chi connectivity index (χ3v) is 10.1. The molecular formula is C41H44N2O6. The Balaban J connectivity index is 0.000000174. The molecular weight excluding hydrogens is 616 g/mol. The van der Waals surface area contributed by atoms with Crippen molar-refractivity contribution in [3.05, 3.63) is 127 Å². The Bertz CT molecular complexity index is 2070. The van der Waals surface area contributed by atoms with Crippen LogP contribution in [0.15, 0.2) is 88.7 Å². The Hall–Kier alpha value is -4.98. The van der Waals surface area contributed by atoms with Crippen molar-refractivity contribution in [1.82, 2.24) is 9.55 Å². The Morgan fingerprint density at radius 1 is 0.776 bits per heavy atom. The Morgan fingerprint density at radius 2 is 1.37 bits per heavy atom. The van der Waals surface area contributed by atoms with Crippen molar-refractivity contribution in [1.29, 1.82) is 0 Å². The molecule has 2 saturated carbocycles. The molecule has 49 heavy (non-hydrogen) atoms. The molecule has 0 aliphatic heterocycles. The number of fused-ring (bicyclic) bond motifs is 2. The van der Waals surface area contributed by atoms with Crippen LogP contribution in [0.4, 0.5) is 0 Å². The van der Waals surface area contributed by atoms with Crippen LogP contribution in [0.3, 0.4) is 0 Å². The maximum atomic E-state index is 12.8. The number of rotatable bonds is 7. The average molecular weight is 661 g/mol. The molecule has 2 heterocycles. The van der Waals surface area contributed by atoms with E-state index in [0.29, 0.717) is 29.2 Å². The summed E-state index contributed by atoms with van der Waals surface area (Å²) in [5.74, 6) is -0.733. The van der Waals surface area contributed by atoms with Crippen LogP contribution in [0.1, 0.15) is 120 Å². The van der Waals surface area contributed by atoms with Crippen molar-refractivity contribution >= 4 is 33.7 Å². The number of carbonyl (C=O) groups excluding carboxylic acids is 1. The molecule has 7 rings (SSSR count). The van der Waals surface area contributed by atoms with Crippen molar-refractivity contribution in [3.63, 3.8) is 0 Å². The van der Waals surface area contributed by atoms with Gasteiger partial charge < -0.3 is 19.4 Å². The maximum absolute atomic E-state index is 12.8. The van der Waals surface area contributed by atoms with E-state index in [1.165, 1.54) is 69.3 Å². The van der Waals surface area contributed by atoms with Crippen molar-refractivity contribution in [3.8, 4) is 0 Å². The van der Waals surface area contributed by atoms with E-state index < -0.39 is 11.9 Å². The van der Waals surface area contributed by atoms with E-state index in [1.807, 2.05) is 59.2 Å². The highest BCUT2D eigenvalue weighted by Gasteiger charge is 2.20. The summed E-state index contributed by atoms with van der Waals surface area (Å²) in [6.07, 6.45) is 15.1. The van der Waals surface area contributed by atoms with Gasteiger partial charge in [0.25, 0.3) is 0 Å². The second-order valence-corrected chi connectivity index (χ2v) is 13.3. The topological polar surface area (TPSA) is 118 Å². The summed E-state index contributed by atoms with van der Waals surface area (Å²) in [6, 6.07) is 21.9. The number of esters is 1. The zero-order chi connectivity index (χ0) is 34.3. The predicted molar refractivity (Wildman–Crippen MR) is 193 cm³/mol. The van der Waals surface area contributed by atoms with E-state index in [2.05, 4.69) is 17.1 Å². The molecule has 0 bridgehead atoms. The van der Waals surface area contributed by atoms with Gasteiger partial charge in [0.15, 0.2) is 0 Å². The molecule has 2 N–H and O–H groups in total. The first-order valence-corrected chi connectivity index (χ1v) is 17.6. The molecule has 0 amide bonds. The van der Waals surface area contributed by atoms with Gasteiger partial charge in [-0.15, -0.1) is 0 Å².